The molecule has 76 heavy (non-hydrogen) atoms. The van der Waals surface area contributed by atoms with E-state index in [-0.39, 0.29) is 25.4 Å². The monoisotopic (exact) mass is 1070 g/mol. The predicted molar refractivity (Wildman–Crippen MR) is 327 cm³/mol. The van der Waals surface area contributed by atoms with Crippen LogP contribution < -0.4 is 5.32 Å². The fourth-order valence-corrected chi connectivity index (χ4v) is 8.02. The lowest BCUT2D eigenvalue weighted by Gasteiger charge is -2.27. The molecule has 0 aliphatic carbocycles. The quantitative estimate of drug-likeness (QED) is 0.0205. The van der Waals surface area contributed by atoms with Crippen molar-refractivity contribution < 1.29 is 37.3 Å². The number of hydrogen-bond donors (Lipinski definition) is 2. The molecule has 1 amide bonds. The number of unbranched alkanes of at least 4 members (excludes halogenated alkanes) is 10. The number of quaternary nitrogens is 1. The van der Waals surface area contributed by atoms with Crippen LogP contribution in [-0.2, 0) is 27.9 Å². The number of ether oxygens (including phenoxy) is 1. The Labute approximate surface area is 465 Å². The van der Waals surface area contributed by atoms with Crippen LogP contribution in [0.25, 0.3) is 0 Å². The van der Waals surface area contributed by atoms with E-state index in [1.807, 2.05) is 51.5 Å². The van der Waals surface area contributed by atoms with Gasteiger partial charge in [0.1, 0.15) is 19.3 Å². The molecule has 0 saturated heterocycles. The number of nitrogens with one attached hydrogen (secondary N) is 1. The molecule has 428 valence electrons. The molecule has 0 bridgehead atoms. The molecule has 0 saturated carbocycles. The summed E-state index contributed by atoms with van der Waals surface area (Å²) in [6, 6.07) is -0.931. The van der Waals surface area contributed by atoms with Gasteiger partial charge in [0, 0.05) is 12.8 Å². The number of esters is 1. The Kier molecular flexibility index (Phi) is 50.9. The molecule has 2 N–H and O–H groups in total. The van der Waals surface area contributed by atoms with Crippen molar-refractivity contribution in [2.45, 2.75) is 206 Å². The van der Waals surface area contributed by atoms with E-state index in [2.05, 4.69) is 148 Å². The highest BCUT2D eigenvalue weighted by molar-refractivity contribution is 7.47. The van der Waals surface area contributed by atoms with E-state index in [1.54, 1.807) is 6.08 Å². The summed E-state index contributed by atoms with van der Waals surface area (Å²) in [6.45, 7) is 6.64. The number of rotatable bonds is 50. The fraction of sp³-hybridized carbons (Fsp3) is 0.576. The van der Waals surface area contributed by atoms with Gasteiger partial charge in [0.05, 0.1) is 33.8 Å². The number of hydrogen-bond acceptors (Lipinski definition) is 6. The second-order valence-corrected chi connectivity index (χ2v) is 21.5. The van der Waals surface area contributed by atoms with E-state index < -0.39 is 32.5 Å². The molecule has 0 aromatic rings. The van der Waals surface area contributed by atoms with E-state index in [0.29, 0.717) is 23.9 Å². The minimum atomic E-state index is -4.49. The van der Waals surface area contributed by atoms with Gasteiger partial charge in [0.25, 0.3) is 0 Å². The first-order valence-electron chi connectivity index (χ1n) is 29.3. The van der Waals surface area contributed by atoms with E-state index >= 15 is 0 Å². The number of carbonyl (C=O) groups excluding carboxylic acids is 2. The molecule has 10 heteroatoms. The van der Waals surface area contributed by atoms with Crippen molar-refractivity contribution in [2.24, 2.45) is 0 Å². The minimum absolute atomic E-state index is 0.00598. The summed E-state index contributed by atoms with van der Waals surface area (Å²) in [5.74, 6) is -0.717. The topological polar surface area (TPSA) is 111 Å². The Bertz CT molecular complexity index is 1860. The third-order valence-electron chi connectivity index (χ3n) is 11.7. The molecule has 3 atom stereocenters. The first-order valence-corrected chi connectivity index (χ1v) is 30.8. The third-order valence-corrected chi connectivity index (χ3v) is 12.7. The van der Waals surface area contributed by atoms with E-state index in [1.165, 1.54) is 51.4 Å². The number of likely N-dealkylation sites (N-methyl/N-ethyl adjacent to an activating group) is 1. The molecule has 0 heterocycles. The highest BCUT2D eigenvalue weighted by Crippen LogP contribution is 2.43. The van der Waals surface area contributed by atoms with Crippen LogP contribution in [-0.4, -0.2) is 74.3 Å². The van der Waals surface area contributed by atoms with Crippen LogP contribution in [0.3, 0.4) is 0 Å². The Morgan fingerprint density at radius 1 is 0.474 bits per heavy atom. The summed E-state index contributed by atoms with van der Waals surface area (Å²) in [7, 11) is 1.38. The normalized spacial score (nSPS) is 14.9. The molecular weight excluding hydrogens is 964 g/mol. The highest BCUT2D eigenvalue weighted by Gasteiger charge is 2.30. The summed E-state index contributed by atoms with van der Waals surface area (Å²) in [6.07, 6.45) is 79.9. The number of amides is 1. The van der Waals surface area contributed by atoms with Crippen LogP contribution in [0.4, 0.5) is 0 Å². The molecule has 0 spiro atoms. The van der Waals surface area contributed by atoms with Crippen molar-refractivity contribution in [3.63, 3.8) is 0 Å². The second-order valence-electron chi connectivity index (χ2n) is 20.0. The lowest BCUT2D eigenvalue weighted by Crippen LogP contribution is -2.47. The fourth-order valence-electron chi connectivity index (χ4n) is 7.28. The van der Waals surface area contributed by atoms with Gasteiger partial charge in [-0.05, 0) is 109 Å². The number of carbonyl (C=O) groups is 2. The largest absolute Gasteiger partial charge is 0.472 e. The molecule has 0 rings (SSSR count). The molecule has 0 aromatic heterocycles. The predicted octanol–water partition coefficient (Wildman–Crippen LogP) is 18.0. The number of phosphoric acid groups is 1. The maximum atomic E-state index is 13.5. The van der Waals surface area contributed by atoms with Crippen LogP contribution in [0.15, 0.2) is 158 Å². The zero-order chi connectivity index (χ0) is 55.7. The molecular formula is C66H108N2O7P+. The van der Waals surface area contributed by atoms with Gasteiger partial charge in [0.2, 0.25) is 5.91 Å². The van der Waals surface area contributed by atoms with Crippen molar-refractivity contribution >= 4 is 19.7 Å². The van der Waals surface area contributed by atoms with Crippen LogP contribution in [0, 0.1) is 0 Å². The van der Waals surface area contributed by atoms with Crippen LogP contribution in [0.5, 0.6) is 0 Å². The second kappa shape index (κ2) is 54.0. The van der Waals surface area contributed by atoms with Crippen molar-refractivity contribution in [3.8, 4) is 0 Å². The molecule has 0 aromatic carbocycles. The zero-order valence-electron chi connectivity index (χ0n) is 48.7. The number of allylic oxidation sites excluding steroid dienone is 25. The van der Waals surface area contributed by atoms with Gasteiger partial charge in [-0.2, -0.15) is 0 Å². The minimum Gasteiger partial charge on any atom is -0.456 e. The van der Waals surface area contributed by atoms with Crippen molar-refractivity contribution in [3.05, 3.63) is 158 Å². The van der Waals surface area contributed by atoms with Crippen molar-refractivity contribution in [1.82, 2.24) is 5.32 Å². The molecule has 0 radical (unpaired) electrons. The number of phosphoric ester groups is 1. The highest BCUT2D eigenvalue weighted by atomic mass is 31.2. The Balaban J connectivity index is 5.58. The standard InChI is InChI=1S/C66H107N2O7P/c1-7-10-13-16-19-22-25-28-30-32-34-36-38-40-43-46-49-52-55-58-65(69)67-63(62-74-76(71,72)73-61-60-68(4,5)6)64(57-54-51-48-45-42-27-24-21-18-15-12-9-3)75-66(70)59-56-53-50-47-44-41-39-37-35-33-31-29-26-23-20-17-14-11-8-2/h10-11,13-14,19-20,22-23,28-31,34-37,40-41,43-44,49-50,52-54,57,63-64H,7-9,12,15-18,21,24-27,32-33,38-39,42,45-48,51,55-56,58-62H2,1-6H3,(H-,67,69,71,72)/p+1/b13-10-,14-11-,22-19-,23-20-,30-28-,31-29-,36-34-,37-35-,43-40-,44-41-,52-49-,53-50-,57-54+. The van der Waals surface area contributed by atoms with Gasteiger partial charge in [-0.3, -0.25) is 18.6 Å². The van der Waals surface area contributed by atoms with Gasteiger partial charge >= 0.3 is 13.8 Å². The summed E-state index contributed by atoms with van der Waals surface area (Å²) in [5.41, 5.74) is 0. The Hall–Kier alpha value is -4.37. The van der Waals surface area contributed by atoms with Crippen LogP contribution >= 0.6 is 7.82 Å². The number of nitrogens with zero attached hydrogens (tertiary/aromatic N) is 1. The lowest BCUT2D eigenvalue weighted by molar-refractivity contribution is -0.870. The smallest absolute Gasteiger partial charge is 0.456 e. The van der Waals surface area contributed by atoms with Crippen LogP contribution in [0.2, 0.25) is 0 Å². The molecule has 0 aliphatic heterocycles. The lowest BCUT2D eigenvalue weighted by atomic mass is 10.1. The Morgan fingerprint density at radius 3 is 1.24 bits per heavy atom. The molecule has 9 nitrogen and oxygen atoms in total. The summed E-state index contributed by atoms with van der Waals surface area (Å²) < 4.78 is 30.5. The van der Waals surface area contributed by atoms with E-state index in [4.69, 9.17) is 13.8 Å². The Morgan fingerprint density at radius 2 is 0.842 bits per heavy atom. The van der Waals surface area contributed by atoms with Gasteiger partial charge in [0.15, 0.2) is 0 Å². The SMILES string of the molecule is CC/C=C\C/C=C\C/C=C\C/C=C\C/C=C\C/C=C\CCC(=O)NC(COP(=O)(O)OCC[N+](C)(C)C)C(/C=C/CCCCCCCCCCCC)OC(=O)CC/C=C\C/C=C\C/C=C\C/C=C\C/C=C\C/C=C\CC. The maximum Gasteiger partial charge on any atom is 0.472 e. The van der Waals surface area contributed by atoms with E-state index in [0.717, 1.165) is 96.3 Å². The van der Waals surface area contributed by atoms with Gasteiger partial charge in [-0.1, -0.05) is 230 Å². The molecule has 0 aliphatic rings. The third kappa shape index (κ3) is 54.4. The average molecular weight is 1070 g/mol. The summed E-state index contributed by atoms with van der Waals surface area (Å²) in [5, 5.41) is 2.97. The summed E-state index contributed by atoms with van der Waals surface area (Å²) >= 11 is 0. The molecule has 3 unspecified atom stereocenters. The van der Waals surface area contributed by atoms with Crippen LogP contribution in [0.1, 0.15) is 194 Å². The van der Waals surface area contributed by atoms with Crippen molar-refractivity contribution in [2.75, 3.05) is 40.9 Å². The van der Waals surface area contributed by atoms with Gasteiger partial charge in [-0.15, -0.1) is 0 Å². The first-order chi connectivity index (χ1) is 36.9. The zero-order valence-corrected chi connectivity index (χ0v) is 49.6. The average Bonchev–Trinajstić information content (AvgIpc) is 3.38. The van der Waals surface area contributed by atoms with E-state index in [9.17, 15) is 19.0 Å². The molecule has 0 fully saturated rings. The van der Waals surface area contributed by atoms with Crippen molar-refractivity contribution in [1.29, 1.82) is 0 Å². The van der Waals surface area contributed by atoms with Gasteiger partial charge < -0.3 is 19.4 Å². The van der Waals surface area contributed by atoms with Gasteiger partial charge in [-0.25, -0.2) is 4.57 Å². The maximum absolute atomic E-state index is 13.5. The summed E-state index contributed by atoms with van der Waals surface area (Å²) in [4.78, 5) is 37.6. The first kappa shape index (κ1) is 71.6.